The fourth-order valence-electron chi connectivity index (χ4n) is 3.61. The van der Waals surface area contributed by atoms with Gasteiger partial charge in [-0.15, -0.1) is 5.10 Å². The molecule has 1 fully saturated rings. The molecule has 1 aromatic carbocycles. The SMILES string of the molecule is COc1cc(OC)cc(C(=O)N2CCC(C(=O)Nc3n[nH]c(-c4ccccn4)n3)CC2)c1. The Morgan fingerprint density at radius 3 is 2.44 bits per heavy atom. The number of nitrogens with zero attached hydrogens (tertiary/aromatic N) is 4. The number of amides is 2. The molecule has 1 saturated heterocycles. The molecule has 1 aliphatic heterocycles. The van der Waals surface area contributed by atoms with Gasteiger partial charge in [0.25, 0.3) is 5.91 Å². The number of carbonyl (C=O) groups is 2. The van der Waals surface area contributed by atoms with Crippen molar-refractivity contribution >= 4 is 17.8 Å². The number of hydrogen-bond donors (Lipinski definition) is 2. The lowest BCUT2D eigenvalue weighted by Gasteiger charge is -2.31. The molecule has 32 heavy (non-hydrogen) atoms. The van der Waals surface area contributed by atoms with Crippen LogP contribution in [0.2, 0.25) is 0 Å². The van der Waals surface area contributed by atoms with Crippen molar-refractivity contribution in [3.63, 3.8) is 0 Å². The van der Waals surface area contributed by atoms with Crippen molar-refractivity contribution in [2.75, 3.05) is 32.6 Å². The first-order valence-electron chi connectivity index (χ1n) is 10.2. The van der Waals surface area contributed by atoms with E-state index in [2.05, 4.69) is 25.5 Å². The number of carbonyl (C=O) groups excluding carboxylic acids is 2. The summed E-state index contributed by atoms with van der Waals surface area (Å²) in [7, 11) is 3.08. The number of nitrogens with one attached hydrogen (secondary N) is 2. The number of piperidine rings is 1. The molecular weight excluding hydrogens is 412 g/mol. The summed E-state index contributed by atoms with van der Waals surface area (Å²) in [4.78, 5) is 35.8. The molecule has 2 aromatic heterocycles. The van der Waals surface area contributed by atoms with Crippen LogP contribution in [0.1, 0.15) is 23.2 Å². The Balaban J connectivity index is 1.34. The van der Waals surface area contributed by atoms with Gasteiger partial charge in [-0.3, -0.25) is 25.0 Å². The highest BCUT2D eigenvalue weighted by atomic mass is 16.5. The maximum atomic E-state index is 12.9. The van der Waals surface area contributed by atoms with E-state index in [1.54, 1.807) is 49.6 Å². The van der Waals surface area contributed by atoms with E-state index in [-0.39, 0.29) is 23.7 Å². The minimum Gasteiger partial charge on any atom is -0.497 e. The average Bonchev–Trinajstić information content (AvgIpc) is 3.32. The normalized spacial score (nSPS) is 14.1. The van der Waals surface area contributed by atoms with Crippen LogP contribution in [0, 0.1) is 5.92 Å². The number of benzene rings is 1. The van der Waals surface area contributed by atoms with E-state index in [9.17, 15) is 9.59 Å². The number of aromatic nitrogens is 4. The number of aromatic amines is 1. The summed E-state index contributed by atoms with van der Waals surface area (Å²) in [6, 6.07) is 10.6. The predicted molar refractivity (Wildman–Crippen MR) is 116 cm³/mol. The highest BCUT2D eigenvalue weighted by Gasteiger charge is 2.29. The fourth-order valence-corrected chi connectivity index (χ4v) is 3.61. The largest absolute Gasteiger partial charge is 0.497 e. The molecule has 10 nitrogen and oxygen atoms in total. The van der Waals surface area contributed by atoms with Gasteiger partial charge in [0.15, 0.2) is 5.82 Å². The smallest absolute Gasteiger partial charge is 0.254 e. The molecular formula is C22H24N6O4. The van der Waals surface area contributed by atoms with Crippen molar-refractivity contribution in [3.8, 4) is 23.0 Å². The van der Waals surface area contributed by atoms with Gasteiger partial charge in [-0.2, -0.15) is 4.98 Å². The maximum absolute atomic E-state index is 12.9. The van der Waals surface area contributed by atoms with E-state index >= 15 is 0 Å². The monoisotopic (exact) mass is 436 g/mol. The summed E-state index contributed by atoms with van der Waals surface area (Å²) >= 11 is 0. The number of pyridine rings is 1. The van der Waals surface area contributed by atoms with Crippen molar-refractivity contribution in [2.45, 2.75) is 12.8 Å². The van der Waals surface area contributed by atoms with Crippen molar-refractivity contribution in [3.05, 3.63) is 48.2 Å². The standard InChI is InChI=1S/C22H24N6O4/c1-31-16-11-15(12-17(13-16)32-2)21(30)28-9-6-14(7-10-28)20(29)25-22-24-19(26-27-22)18-5-3-4-8-23-18/h3-5,8,11-14H,6-7,9-10H2,1-2H3,(H2,24,25,26,27,29). The first-order valence-corrected chi connectivity index (χ1v) is 10.2. The minimum absolute atomic E-state index is 0.116. The summed E-state index contributed by atoms with van der Waals surface area (Å²) in [5.74, 6) is 1.29. The zero-order valence-corrected chi connectivity index (χ0v) is 17.9. The van der Waals surface area contributed by atoms with Gasteiger partial charge in [0.05, 0.1) is 14.2 Å². The Bertz CT molecular complexity index is 1070. The van der Waals surface area contributed by atoms with Crippen LogP contribution in [-0.4, -0.2) is 64.2 Å². The van der Waals surface area contributed by atoms with Gasteiger partial charge in [0.1, 0.15) is 17.2 Å². The van der Waals surface area contributed by atoms with Crippen LogP contribution in [0.15, 0.2) is 42.6 Å². The van der Waals surface area contributed by atoms with E-state index in [1.165, 1.54) is 0 Å². The van der Waals surface area contributed by atoms with Crippen LogP contribution in [0.25, 0.3) is 11.5 Å². The van der Waals surface area contributed by atoms with Crippen molar-refractivity contribution < 1.29 is 19.1 Å². The Morgan fingerprint density at radius 2 is 1.81 bits per heavy atom. The highest BCUT2D eigenvalue weighted by Crippen LogP contribution is 2.26. The first-order chi connectivity index (χ1) is 15.6. The zero-order chi connectivity index (χ0) is 22.5. The highest BCUT2D eigenvalue weighted by molar-refractivity contribution is 5.95. The number of ether oxygens (including phenoxy) is 2. The second kappa shape index (κ2) is 9.46. The Kier molecular flexibility index (Phi) is 6.29. The average molecular weight is 436 g/mol. The maximum Gasteiger partial charge on any atom is 0.254 e. The second-order valence-electron chi connectivity index (χ2n) is 7.38. The zero-order valence-electron chi connectivity index (χ0n) is 17.9. The van der Waals surface area contributed by atoms with Gasteiger partial charge in [0.2, 0.25) is 11.9 Å². The van der Waals surface area contributed by atoms with E-state index in [4.69, 9.17) is 9.47 Å². The van der Waals surface area contributed by atoms with Crippen molar-refractivity contribution in [1.82, 2.24) is 25.1 Å². The first kappa shape index (κ1) is 21.3. The topological polar surface area (TPSA) is 122 Å². The van der Waals surface area contributed by atoms with Gasteiger partial charge < -0.3 is 14.4 Å². The van der Waals surface area contributed by atoms with E-state index in [0.29, 0.717) is 54.5 Å². The lowest BCUT2D eigenvalue weighted by molar-refractivity contribution is -0.121. The van der Waals surface area contributed by atoms with Gasteiger partial charge in [-0.1, -0.05) is 6.07 Å². The van der Waals surface area contributed by atoms with E-state index in [0.717, 1.165) is 0 Å². The molecule has 0 aliphatic carbocycles. The van der Waals surface area contributed by atoms with Crippen LogP contribution in [0.5, 0.6) is 11.5 Å². The summed E-state index contributed by atoms with van der Waals surface area (Å²) in [6.07, 6.45) is 2.76. The molecule has 3 heterocycles. The van der Waals surface area contributed by atoms with Crippen LogP contribution < -0.4 is 14.8 Å². The molecule has 2 N–H and O–H groups in total. The van der Waals surface area contributed by atoms with Gasteiger partial charge in [-0.25, -0.2) is 0 Å². The number of H-pyrrole nitrogens is 1. The van der Waals surface area contributed by atoms with Crippen molar-refractivity contribution in [2.24, 2.45) is 5.92 Å². The lowest BCUT2D eigenvalue weighted by Crippen LogP contribution is -2.41. The molecule has 0 spiro atoms. The Hall–Kier alpha value is -3.95. The van der Waals surface area contributed by atoms with E-state index < -0.39 is 0 Å². The number of anilines is 1. The third-order valence-electron chi connectivity index (χ3n) is 5.38. The van der Waals surface area contributed by atoms with Gasteiger partial charge in [0, 0.05) is 36.8 Å². The predicted octanol–water partition coefficient (Wildman–Crippen LogP) is 2.37. The fraction of sp³-hybridized carbons (Fsp3) is 0.318. The molecule has 10 heteroatoms. The molecule has 0 saturated carbocycles. The van der Waals surface area contributed by atoms with Gasteiger partial charge >= 0.3 is 0 Å². The number of likely N-dealkylation sites (tertiary alicyclic amines) is 1. The summed E-state index contributed by atoms with van der Waals surface area (Å²) in [6.45, 7) is 0.952. The number of rotatable bonds is 6. The molecule has 0 atom stereocenters. The molecule has 0 radical (unpaired) electrons. The second-order valence-corrected chi connectivity index (χ2v) is 7.38. The Labute approximate surface area is 185 Å². The van der Waals surface area contributed by atoms with Crippen LogP contribution in [0.3, 0.4) is 0 Å². The lowest BCUT2D eigenvalue weighted by atomic mass is 9.95. The number of methoxy groups -OCH3 is 2. The van der Waals surface area contributed by atoms with Crippen molar-refractivity contribution in [1.29, 1.82) is 0 Å². The Morgan fingerprint density at radius 1 is 1.09 bits per heavy atom. The van der Waals surface area contributed by atoms with Crippen LogP contribution >= 0.6 is 0 Å². The quantitative estimate of drug-likeness (QED) is 0.608. The minimum atomic E-state index is -0.226. The van der Waals surface area contributed by atoms with Gasteiger partial charge in [-0.05, 0) is 37.1 Å². The third-order valence-corrected chi connectivity index (χ3v) is 5.38. The molecule has 3 aromatic rings. The van der Waals surface area contributed by atoms with Crippen LogP contribution in [-0.2, 0) is 4.79 Å². The molecule has 0 bridgehead atoms. The molecule has 2 amide bonds. The van der Waals surface area contributed by atoms with Crippen LogP contribution in [0.4, 0.5) is 5.95 Å². The molecule has 1 aliphatic rings. The molecule has 4 rings (SSSR count). The third kappa shape index (κ3) is 4.69. The summed E-state index contributed by atoms with van der Waals surface area (Å²) in [5, 5.41) is 9.58. The number of hydrogen-bond acceptors (Lipinski definition) is 7. The van der Waals surface area contributed by atoms with E-state index in [1.807, 2.05) is 12.1 Å². The summed E-state index contributed by atoms with van der Waals surface area (Å²) in [5.41, 5.74) is 1.13. The molecule has 166 valence electrons. The molecule has 0 unspecified atom stereocenters. The summed E-state index contributed by atoms with van der Waals surface area (Å²) < 4.78 is 10.5.